The zero-order chi connectivity index (χ0) is 11.9. The topological polar surface area (TPSA) is 35.6 Å². The molecule has 0 bridgehead atoms. The van der Waals surface area contributed by atoms with Crippen LogP contribution in [0, 0.1) is 24.3 Å². The quantitative estimate of drug-likeness (QED) is 0.792. The van der Waals surface area contributed by atoms with Gasteiger partial charge in [-0.25, -0.2) is 0 Å². The van der Waals surface area contributed by atoms with Gasteiger partial charge in [-0.1, -0.05) is 0 Å². The Kier molecular flexibility index (Phi) is 3.05. The zero-order valence-corrected chi connectivity index (χ0v) is 12.1. The fourth-order valence-electron chi connectivity index (χ4n) is 1.79. The number of hydrogen-bond donors (Lipinski definition) is 0. The fourth-order valence-corrected chi connectivity index (χ4v) is 2.18. The highest BCUT2D eigenvalue weighted by Crippen LogP contribution is 2.16. The molecule has 16 heavy (non-hydrogen) atoms. The van der Waals surface area contributed by atoms with Crippen molar-refractivity contribution in [3.05, 3.63) is 32.4 Å². The van der Waals surface area contributed by atoms with Gasteiger partial charge in [-0.05, 0) is 49.4 Å². The van der Waals surface area contributed by atoms with Crippen molar-refractivity contribution in [2.24, 2.45) is 7.05 Å². The van der Waals surface area contributed by atoms with Gasteiger partial charge in [-0.3, -0.25) is 9.36 Å². The summed E-state index contributed by atoms with van der Waals surface area (Å²) in [6, 6.07) is 2.10. The number of aromatic nitrogens is 4. The summed E-state index contributed by atoms with van der Waals surface area (Å²) in [5.74, 6) is 0. The van der Waals surface area contributed by atoms with E-state index in [1.165, 1.54) is 15.0 Å². The molecule has 5 heteroatoms. The van der Waals surface area contributed by atoms with Gasteiger partial charge in [0.2, 0.25) is 0 Å². The number of nitrogens with zero attached hydrogens (tertiary/aromatic N) is 4. The van der Waals surface area contributed by atoms with Gasteiger partial charge >= 0.3 is 0 Å². The summed E-state index contributed by atoms with van der Waals surface area (Å²) in [4.78, 5) is 0. The molecule has 0 saturated carbocycles. The highest BCUT2D eigenvalue weighted by atomic mass is 127. The minimum atomic E-state index is 0.785. The van der Waals surface area contributed by atoms with Gasteiger partial charge < -0.3 is 0 Å². The fraction of sp³-hybridized carbons (Fsp3) is 0.455. The van der Waals surface area contributed by atoms with Crippen LogP contribution in [0.15, 0.2) is 6.07 Å². The van der Waals surface area contributed by atoms with Crippen LogP contribution in [0.1, 0.15) is 22.8 Å². The van der Waals surface area contributed by atoms with Crippen LogP contribution in [-0.2, 0) is 13.6 Å². The second-order valence-corrected chi connectivity index (χ2v) is 5.12. The van der Waals surface area contributed by atoms with Crippen LogP contribution in [0.5, 0.6) is 0 Å². The highest BCUT2D eigenvalue weighted by molar-refractivity contribution is 14.1. The van der Waals surface area contributed by atoms with Crippen molar-refractivity contribution < 1.29 is 0 Å². The third-order valence-electron chi connectivity index (χ3n) is 2.70. The van der Waals surface area contributed by atoms with Crippen molar-refractivity contribution in [3.8, 4) is 0 Å². The number of hydrogen-bond acceptors (Lipinski definition) is 2. The van der Waals surface area contributed by atoms with E-state index in [9.17, 15) is 0 Å². The van der Waals surface area contributed by atoms with Crippen molar-refractivity contribution in [1.29, 1.82) is 0 Å². The first-order valence-electron chi connectivity index (χ1n) is 5.18. The molecule has 0 atom stereocenters. The summed E-state index contributed by atoms with van der Waals surface area (Å²) in [6.45, 7) is 6.94. The SMILES string of the molecule is Cc1cc(Cn2nc(C)c(I)c2C)n(C)n1. The Bertz CT molecular complexity index is 524. The molecule has 2 heterocycles. The highest BCUT2D eigenvalue weighted by Gasteiger charge is 2.10. The van der Waals surface area contributed by atoms with Crippen molar-refractivity contribution in [2.75, 3.05) is 0 Å². The molecular formula is C11H15IN4. The minimum absolute atomic E-state index is 0.785. The molecule has 2 aromatic rings. The lowest BCUT2D eigenvalue weighted by molar-refractivity contribution is 0.603. The molecule has 0 saturated heterocycles. The lowest BCUT2D eigenvalue weighted by atomic mass is 10.3. The Balaban J connectivity index is 2.34. The van der Waals surface area contributed by atoms with Gasteiger partial charge in [0.05, 0.1) is 27.2 Å². The molecule has 0 fully saturated rings. The molecule has 2 aromatic heterocycles. The first-order chi connectivity index (χ1) is 7.49. The number of aryl methyl sites for hydroxylation is 3. The van der Waals surface area contributed by atoms with Gasteiger partial charge in [-0.15, -0.1) is 0 Å². The zero-order valence-electron chi connectivity index (χ0n) is 9.95. The average molecular weight is 330 g/mol. The van der Waals surface area contributed by atoms with Crippen LogP contribution in [-0.4, -0.2) is 19.6 Å². The van der Waals surface area contributed by atoms with E-state index in [0.29, 0.717) is 0 Å². The van der Waals surface area contributed by atoms with Gasteiger partial charge in [0.1, 0.15) is 0 Å². The van der Waals surface area contributed by atoms with E-state index in [1.807, 2.05) is 30.3 Å². The summed E-state index contributed by atoms with van der Waals surface area (Å²) in [5, 5.41) is 8.86. The van der Waals surface area contributed by atoms with Crippen LogP contribution < -0.4 is 0 Å². The Morgan fingerprint density at radius 2 is 1.94 bits per heavy atom. The summed E-state index contributed by atoms with van der Waals surface area (Å²) < 4.78 is 5.20. The monoisotopic (exact) mass is 330 g/mol. The molecule has 4 nitrogen and oxygen atoms in total. The molecule has 0 aliphatic carbocycles. The molecule has 0 aliphatic heterocycles. The van der Waals surface area contributed by atoms with Gasteiger partial charge in [0.25, 0.3) is 0 Å². The van der Waals surface area contributed by atoms with Crippen LogP contribution in [0.4, 0.5) is 0 Å². The predicted molar refractivity (Wildman–Crippen MR) is 71.5 cm³/mol. The lowest BCUT2D eigenvalue weighted by Crippen LogP contribution is -2.08. The van der Waals surface area contributed by atoms with Crippen LogP contribution in [0.3, 0.4) is 0 Å². The average Bonchev–Trinajstić information content (AvgIpc) is 2.64. The number of halogens is 1. The third kappa shape index (κ3) is 2.00. The molecule has 0 radical (unpaired) electrons. The maximum atomic E-state index is 4.52. The normalized spacial score (nSPS) is 11.1. The Morgan fingerprint density at radius 1 is 1.25 bits per heavy atom. The summed E-state index contributed by atoms with van der Waals surface area (Å²) in [5.41, 5.74) is 4.54. The van der Waals surface area contributed by atoms with Gasteiger partial charge in [0.15, 0.2) is 0 Å². The molecule has 0 aliphatic rings. The van der Waals surface area contributed by atoms with E-state index in [2.05, 4.69) is 45.8 Å². The molecule has 0 unspecified atom stereocenters. The lowest BCUT2D eigenvalue weighted by Gasteiger charge is -2.04. The van der Waals surface area contributed by atoms with E-state index in [0.717, 1.165) is 17.9 Å². The van der Waals surface area contributed by atoms with Crippen LogP contribution in [0.25, 0.3) is 0 Å². The van der Waals surface area contributed by atoms with Gasteiger partial charge in [0, 0.05) is 12.7 Å². The van der Waals surface area contributed by atoms with Crippen LogP contribution in [0.2, 0.25) is 0 Å². The van der Waals surface area contributed by atoms with E-state index in [1.54, 1.807) is 0 Å². The van der Waals surface area contributed by atoms with E-state index in [-0.39, 0.29) is 0 Å². The number of rotatable bonds is 2. The predicted octanol–water partition coefficient (Wildman–Crippen LogP) is 2.19. The Labute approximate surface area is 109 Å². The van der Waals surface area contributed by atoms with E-state index < -0.39 is 0 Å². The first kappa shape index (κ1) is 11.6. The summed E-state index contributed by atoms with van der Waals surface area (Å²) in [7, 11) is 1.97. The molecule has 0 aromatic carbocycles. The van der Waals surface area contributed by atoms with Crippen molar-refractivity contribution in [2.45, 2.75) is 27.3 Å². The molecule has 0 amide bonds. The second-order valence-electron chi connectivity index (χ2n) is 4.04. The van der Waals surface area contributed by atoms with E-state index >= 15 is 0 Å². The van der Waals surface area contributed by atoms with Crippen molar-refractivity contribution >= 4 is 22.6 Å². The third-order valence-corrected chi connectivity index (χ3v) is 4.27. The Hall–Kier alpha value is -0.850. The molecule has 0 spiro atoms. The first-order valence-corrected chi connectivity index (χ1v) is 6.26. The van der Waals surface area contributed by atoms with Gasteiger partial charge in [-0.2, -0.15) is 10.2 Å². The second kappa shape index (κ2) is 4.20. The summed E-state index contributed by atoms with van der Waals surface area (Å²) in [6.07, 6.45) is 0. The maximum Gasteiger partial charge on any atom is 0.0831 e. The molecule has 0 N–H and O–H groups in total. The Morgan fingerprint density at radius 3 is 2.38 bits per heavy atom. The molecular weight excluding hydrogens is 315 g/mol. The largest absolute Gasteiger partial charge is 0.270 e. The minimum Gasteiger partial charge on any atom is -0.270 e. The van der Waals surface area contributed by atoms with Crippen molar-refractivity contribution in [3.63, 3.8) is 0 Å². The standard InChI is InChI=1S/C11H15IN4/c1-7-5-10(15(4)13-7)6-16-9(3)11(12)8(2)14-16/h5H,6H2,1-4H3. The van der Waals surface area contributed by atoms with Crippen LogP contribution >= 0.6 is 22.6 Å². The summed E-state index contributed by atoms with van der Waals surface area (Å²) >= 11 is 2.34. The van der Waals surface area contributed by atoms with Crippen molar-refractivity contribution in [1.82, 2.24) is 19.6 Å². The maximum absolute atomic E-state index is 4.52. The molecule has 2 rings (SSSR count). The molecule has 86 valence electrons. The smallest absolute Gasteiger partial charge is 0.0831 e. The van der Waals surface area contributed by atoms with E-state index in [4.69, 9.17) is 0 Å².